The van der Waals surface area contributed by atoms with Crippen molar-refractivity contribution in [2.24, 2.45) is 0 Å². The topological polar surface area (TPSA) is 75.6 Å². The van der Waals surface area contributed by atoms with Gasteiger partial charge in [0.1, 0.15) is 0 Å². The fourth-order valence-corrected chi connectivity index (χ4v) is 2.38. The molecule has 1 aromatic carbocycles. The first-order chi connectivity index (χ1) is 9.92. The van der Waals surface area contributed by atoms with Crippen molar-refractivity contribution in [3.8, 4) is 0 Å². The Labute approximate surface area is 119 Å². The van der Waals surface area contributed by atoms with Crippen LogP contribution in [0.5, 0.6) is 0 Å². The maximum Gasteiger partial charge on any atom is 0.305 e. The maximum atomic E-state index is 13.5. The minimum absolute atomic E-state index is 0.0723. The van der Waals surface area contributed by atoms with Gasteiger partial charge in [-0.1, -0.05) is 12.1 Å². The average Bonchev–Trinajstić information content (AvgIpc) is 2.82. The van der Waals surface area contributed by atoms with Gasteiger partial charge in [0, 0.05) is 12.2 Å². The number of halogens is 2. The molecule has 1 unspecified atom stereocenters. The summed E-state index contributed by atoms with van der Waals surface area (Å²) in [5, 5.41) is 11.5. The molecule has 1 atom stereocenters. The van der Waals surface area contributed by atoms with Crippen LogP contribution in [0.25, 0.3) is 0 Å². The molecule has 0 saturated carbocycles. The number of carboxylic acids is 1. The van der Waals surface area contributed by atoms with Gasteiger partial charge in [0.25, 0.3) is 0 Å². The highest BCUT2D eigenvalue weighted by molar-refractivity contribution is 5.80. The third-order valence-corrected chi connectivity index (χ3v) is 3.38. The molecule has 1 heterocycles. The molecule has 5 nitrogen and oxygen atoms in total. The molecule has 2 N–H and O–H groups in total. The predicted octanol–water partition coefficient (Wildman–Crippen LogP) is 1.26. The van der Waals surface area contributed by atoms with Crippen LogP contribution >= 0.6 is 0 Å². The van der Waals surface area contributed by atoms with Gasteiger partial charge in [0.05, 0.1) is 25.0 Å². The summed E-state index contributed by atoms with van der Waals surface area (Å²) in [4.78, 5) is 22.9. The first-order valence-electron chi connectivity index (χ1n) is 6.45. The third kappa shape index (κ3) is 3.75. The standard InChI is InChI=1S/C14H15F2NO4/c15-10-3-1-2-9(13(10)16)6-11(18)17-14(7-12(19)20)4-5-21-8-14/h1-3H,4-8H2,(H,17,18)(H,19,20). The largest absolute Gasteiger partial charge is 0.481 e. The number of carboxylic acid groups (broad SMARTS) is 1. The molecule has 7 heteroatoms. The summed E-state index contributed by atoms with van der Waals surface area (Å²) in [6, 6.07) is 3.59. The summed E-state index contributed by atoms with van der Waals surface area (Å²) in [5.41, 5.74) is -1.05. The van der Waals surface area contributed by atoms with Crippen LogP contribution in [0.15, 0.2) is 18.2 Å². The molecule has 114 valence electrons. The van der Waals surface area contributed by atoms with E-state index in [4.69, 9.17) is 9.84 Å². The number of nitrogens with one attached hydrogen (secondary N) is 1. The molecule has 0 aromatic heterocycles. The number of carbonyl (C=O) groups is 2. The van der Waals surface area contributed by atoms with Gasteiger partial charge in [-0.15, -0.1) is 0 Å². The lowest BCUT2D eigenvalue weighted by Gasteiger charge is -2.27. The van der Waals surface area contributed by atoms with Crippen molar-refractivity contribution in [3.05, 3.63) is 35.4 Å². The average molecular weight is 299 g/mol. The van der Waals surface area contributed by atoms with Crippen molar-refractivity contribution in [1.82, 2.24) is 5.32 Å². The van der Waals surface area contributed by atoms with E-state index in [1.807, 2.05) is 0 Å². The van der Waals surface area contributed by atoms with Crippen LogP contribution < -0.4 is 5.32 Å². The van der Waals surface area contributed by atoms with E-state index in [9.17, 15) is 18.4 Å². The van der Waals surface area contributed by atoms with E-state index in [1.54, 1.807) is 0 Å². The lowest BCUT2D eigenvalue weighted by molar-refractivity contribution is -0.139. The van der Waals surface area contributed by atoms with Crippen LogP contribution in [0.3, 0.4) is 0 Å². The van der Waals surface area contributed by atoms with Gasteiger partial charge in [-0.25, -0.2) is 8.78 Å². The lowest BCUT2D eigenvalue weighted by atomic mass is 9.94. The van der Waals surface area contributed by atoms with Crippen LogP contribution in [0.2, 0.25) is 0 Å². The van der Waals surface area contributed by atoms with Gasteiger partial charge >= 0.3 is 5.97 Å². The molecule has 1 amide bonds. The van der Waals surface area contributed by atoms with E-state index in [1.165, 1.54) is 12.1 Å². The summed E-state index contributed by atoms with van der Waals surface area (Å²) < 4.78 is 31.7. The Hall–Kier alpha value is -2.02. The minimum atomic E-state index is -1.07. The molecule has 1 aromatic rings. The highest BCUT2D eigenvalue weighted by Crippen LogP contribution is 2.23. The van der Waals surface area contributed by atoms with Crippen molar-refractivity contribution in [2.75, 3.05) is 13.2 Å². The molecular weight excluding hydrogens is 284 g/mol. The fourth-order valence-electron chi connectivity index (χ4n) is 2.38. The van der Waals surface area contributed by atoms with E-state index in [2.05, 4.69) is 5.32 Å². The van der Waals surface area contributed by atoms with Gasteiger partial charge in [0.2, 0.25) is 5.91 Å². The van der Waals surface area contributed by atoms with E-state index in [0.29, 0.717) is 13.0 Å². The zero-order chi connectivity index (χ0) is 15.5. The quantitative estimate of drug-likeness (QED) is 0.858. The number of aliphatic carboxylic acids is 1. The van der Waals surface area contributed by atoms with Crippen LogP contribution in [-0.2, 0) is 20.7 Å². The van der Waals surface area contributed by atoms with Crippen LogP contribution in [-0.4, -0.2) is 35.7 Å². The Morgan fingerprint density at radius 1 is 1.38 bits per heavy atom. The monoisotopic (exact) mass is 299 g/mol. The third-order valence-electron chi connectivity index (χ3n) is 3.38. The highest BCUT2D eigenvalue weighted by Gasteiger charge is 2.38. The lowest BCUT2D eigenvalue weighted by Crippen LogP contribution is -2.51. The number of rotatable bonds is 5. The highest BCUT2D eigenvalue weighted by atomic mass is 19.2. The predicted molar refractivity (Wildman–Crippen MR) is 68.6 cm³/mol. The molecule has 1 fully saturated rings. The molecule has 1 saturated heterocycles. The molecule has 1 aliphatic rings. The fraction of sp³-hybridized carbons (Fsp3) is 0.429. The van der Waals surface area contributed by atoms with Crippen LogP contribution in [0.4, 0.5) is 8.78 Å². The number of carbonyl (C=O) groups excluding carboxylic acids is 1. The summed E-state index contributed by atoms with van der Waals surface area (Å²) in [5.74, 6) is -3.71. The zero-order valence-corrected chi connectivity index (χ0v) is 11.2. The summed E-state index contributed by atoms with van der Waals surface area (Å²) in [7, 11) is 0. The van der Waals surface area contributed by atoms with Crippen molar-refractivity contribution in [1.29, 1.82) is 0 Å². The second-order valence-electron chi connectivity index (χ2n) is 5.09. The van der Waals surface area contributed by atoms with E-state index >= 15 is 0 Å². The van der Waals surface area contributed by atoms with Gasteiger partial charge in [-0.2, -0.15) is 0 Å². The normalized spacial score (nSPS) is 21.2. The number of hydrogen-bond donors (Lipinski definition) is 2. The van der Waals surface area contributed by atoms with E-state index < -0.39 is 29.0 Å². The molecule has 1 aliphatic heterocycles. The molecule has 0 radical (unpaired) electrons. The Bertz CT molecular complexity index is 556. The second-order valence-corrected chi connectivity index (χ2v) is 5.09. The Morgan fingerprint density at radius 3 is 2.76 bits per heavy atom. The van der Waals surface area contributed by atoms with E-state index in [-0.39, 0.29) is 25.0 Å². The number of amides is 1. The second kappa shape index (κ2) is 6.17. The number of benzene rings is 1. The van der Waals surface area contributed by atoms with Crippen molar-refractivity contribution in [2.45, 2.75) is 24.8 Å². The minimum Gasteiger partial charge on any atom is -0.481 e. The number of ether oxygens (including phenoxy) is 1. The molecule has 0 spiro atoms. The summed E-state index contributed by atoms with van der Waals surface area (Å²) >= 11 is 0. The van der Waals surface area contributed by atoms with Gasteiger partial charge in [-0.05, 0) is 12.5 Å². The van der Waals surface area contributed by atoms with Gasteiger partial charge in [0.15, 0.2) is 11.6 Å². The molecule has 21 heavy (non-hydrogen) atoms. The molecule has 0 bridgehead atoms. The zero-order valence-electron chi connectivity index (χ0n) is 11.2. The Kier molecular flexibility index (Phi) is 4.52. The summed E-state index contributed by atoms with van der Waals surface area (Å²) in [6.07, 6.45) is -0.258. The molecular formula is C14H15F2NO4. The van der Waals surface area contributed by atoms with E-state index in [0.717, 1.165) is 6.07 Å². The Morgan fingerprint density at radius 2 is 2.14 bits per heavy atom. The first-order valence-corrected chi connectivity index (χ1v) is 6.45. The van der Waals surface area contributed by atoms with Crippen LogP contribution in [0, 0.1) is 11.6 Å². The molecule has 0 aliphatic carbocycles. The van der Waals surface area contributed by atoms with Gasteiger partial charge in [-0.3, -0.25) is 9.59 Å². The first kappa shape index (κ1) is 15.4. The van der Waals surface area contributed by atoms with Crippen molar-refractivity contribution < 1.29 is 28.2 Å². The van der Waals surface area contributed by atoms with Crippen molar-refractivity contribution in [3.63, 3.8) is 0 Å². The molecule has 2 rings (SSSR count). The number of hydrogen-bond acceptors (Lipinski definition) is 3. The van der Waals surface area contributed by atoms with Gasteiger partial charge < -0.3 is 15.2 Å². The van der Waals surface area contributed by atoms with Crippen molar-refractivity contribution >= 4 is 11.9 Å². The maximum absolute atomic E-state index is 13.5. The Balaban J connectivity index is 2.06. The SMILES string of the molecule is O=C(O)CC1(NC(=O)Cc2cccc(F)c2F)CCOC1. The van der Waals surface area contributed by atoms with Crippen LogP contribution in [0.1, 0.15) is 18.4 Å². The smallest absolute Gasteiger partial charge is 0.305 e. The summed E-state index contributed by atoms with van der Waals surface area (Å²) in [6.45, 7) is 0.443.